The SMILES string of the molecule is COC(=O)NCCCN=[N+]=[N-]. The first-order valence-electron chi connectivity index (χ1n) is 3.14. The summed E-state index contributed by atoms with van der Waals surface area (Å²) in [5.74, 6) is 0. The van der Waals surface area contributed by atoms with Gasteiger partial charge in [0.25, 0.3) is 0 Å². The Morgan fingerprint density at radius 1 is 1.82 bits per heavy atom. The highest BCUT2D eigenvalue weighted by molar-refractivity contribution is 5.66. The van der Waals surface area contributed by atoms with E-state index in [9.17, 15) is 4.79 Å². The van der Waals surface area contributed by atoms with Crippen molar-refractivity contribution in [3.63, 3.8) is 0 Å². The molecule has 0 aliphatic rings. The third-order valence-corrected chi connectivity index (χ3v) is 0.953. The minimum atomic E-state index is -0.467. The summed E-state index contributed by atoms with van der Waals surface area (Å²) in [5.41, 5.74) is 7.87. The summed E-state index contributed by atoms with van der Waals surface area (Å²) in [7, 11) is 1.29. The zero-order valence-electron chi connectivity index (χ0n) is 6.28. The Hall–Kier alpha value is -1.42. The summed E-state index contributed by atoms with van der Waals surface area (Å²) in [6, 6.07) is 0. The Morgan fingerprint density at radius 2 is 2.55 bits per heavy atom. The maximum atomic E-state index is 10.4. The van der Waals surface area contributed by atoms with Crippen LogP contribution in [0.4, 0.5) is 4.79 Å². The molecule has 0 fully saturated rings. The second-order valence-electron chi connectivity index (χ2n) is 1.73. The summed E-state index contributed by atoms with van der Waals surface area (Å²) in [6.45, 7) is 0.853. The molecule has 0 aliphatic heterocycles. The van der Waals surface area contributed by atoms with E-state index < -0.39 is 6.09 Å². The van der Waals surface area contributed by atoms with Gasteiger partial charge in [0, 0.05) is 18.0 Å². The van der Waals surface area contributed by atoms with Crippen molar-refractivity contribution in [3.8, 4) is 0 Å². The molecule has 0 aliphatic carbocycles. The molecular formula is C5H10N4O2. The van der Waals surface area contributed by atoms with E-state index >= 15 is 0 Å². The van der Waals surface area contributed by atoms with E-state index in [4.69, 9.17) is 5.53 Å². The van der Waals surface area contributed by atoms with Crippen LogP contribution in [0.25, 0.3) is 10.4 Å². The molecule has 6 nitrogen and oxygen atoms in total. The Balaban J connectivity index is 3.14. The molecule has 0 aromatic carbocycles. The molecule has 11 heavy (non-hydrogen) atoms. The first-order valence-corrected chi connectivity index (χ1v) is 3.14. The van der Waals surface area contributed by atoms with Gasteiger partial charge in [0.15, 0.2) is 0 Å². The number of azide groups is 1. The van der Waals surface area contributed by atoms with E-state index in [1.807, 2.05) is 0 Å². The van der Waals surface area contributed by atoms with Crippen molar-refractivity contribution in [3.05, 3.63) is 10.4 Å². The van der Waals surface area contributed by atoms with Crippen molar-refractivity contribution in [1.82, 2.24) is 5.32 Å². The van der Waals surface area contributed by atoms with Gasteiger partial charge in [-0.15, -0.1) is 0 Å². The number of alkyl carbamates (subject to hydrolysis) is 1. The summed E-state index contributed by atoms with van der Waals surface area (Å²) in [5, 5.41) is 5.73. The lowest BCUT2D eigenvalue weighted by molar-refractivity contribution is 0.171. The van der Waals surface area contributed by atoms with Crippen LogP contribution in [0.1, 0.15) is 6.42 Å². The number of carbonyl (C=O) groups is 1. The van der Waals surface area contributed by atoms with Crippen LogP contribution in [0, 0.1) is 0 Å². The Labute approximate surface area is 64.2 Å². The normalized spacial score (nSPS) is 8.09. The molecule has 0 rings (SSSR count). The zero-order valence-corrected chi connectivity index (χ0v) is 6.28. The number of nitrogens with one attached hydrogen (secondary N) is 1. The number of hydrogen-bond acceptors (Lipinski definition) is 3. The van der Waals surface area contributed by atoms with Crippen molar-refractivity contribution in [2.45, 2.75) is 6.42 Å². The van der Waals surface area contributed by atoms with Crippen molar-refractivity contribution in [2.75, 3.05) is 20.2 Å². The summed E-state index contributed by atoms with van der Waals surface area (Å²) >= 11 is 0. The summed E-state index contributed by atoms with van der Waals surface area (Å²) in [4.78, 5) is 13.0. The first kappa shape index (κ1) is 9.58. The zero-order chi connectivity index (χ0) is 8.53. The van der Waals surface area contributed by atoms with Crippen LogP contribution in [-0.4, -0.2) is 26.3 Å². The van der Waals surface area contributed by atoms with Crippen molar-refractivity contribution >= 4 is 6.09 Å². The number of nitrogens with zero attached hydrogens (tertiary/aromatic N) is 3. The topological polar surface area (TPSA) is 87.1 Å². The van der Waals surface area contributed by atoms with Gasteiger partial charge in [-0.2, -0.15) is 0 Å². The van der Waals surface area contributed by atoms with Gasteiger partial charge in [-0.05, 0) is 12.0 Å². The number of ether oxygens (including phenoxy) is 1. The number of hydrogen-bond donors (Lipinski definition) is 1. The van der Waals surface area contributed by atoms with Gasteiger partial charge in [0.05, 0.1) is 7.11 Å². The van der Waals surface area contributed by atoms with Gasteiger partial charge in [-0.25, -0.2) is 4.79 Å². The molecule has 0 aromatic heterocycles. The Morgan fingerprint density at radius 3 is 3.09 bits per heavy atom. The molecule has 0 unspecified atom stereocenters. The van der Waals surface area contributed by atoms with Gasteiger partial charge in [-0.3, -0.25) is 0 Å². The van der Waals surface area contributed by atoms with Crippen molar-refractivity contribution in [1.29, 1.82) is 0 Å². The monoisotopic (exact) mass is 158 g/mol. The predicted molar refractivity (Wildman–Crippen MR) is 39.0 cm³/mol. The van der Waals surface area contributed by atoms with E-state index in [0.29, 0.717) is 19.5 Å². The van der Waals surface area contributed by atoms with E-state index in [-0.39, 0.29) is 0 Å². The fraction of sp³-hybridized carbons (Fsp3) is 0.800. The van der Waals surface area contributed by atoms with Crippen LogP contribution in [0.3, 0.4) is 0 Å². The van der Waals surface area contributed by atoms with Gasteiger partial charge >= 0.3 is 6.09 Å². The number of methoxy groups -OCH3 is 1. The molecular weight excluding hydrogens is 148 g/mol. The molecule has 0 spiro atoms. The van der Waals surface area contributed by atoms with Gasteiger partial charge in [0.1, 0.15) is 0 Å². The second kappa shape index (κ2) is 6.70. The van der Waals surface area contributed by atoms with E-state index in [1.54, 1.807) is 0 Å². The molecule has 0 aromatic rings. The van der Waals surface area contributed by atoms with Crippen LogP contribution in [0.5, 0.6) is 0 Å². The number of carbonyl (C=O) groups excluding carboxylic acids is 1. The molecule has 0 saturated carbocycles. The standard InChI is InChI=1S/C5H10N4O2/c1-11-5(10)7-3-2-4-8-9-6/h2-4H2,1H3,(H,7,10). The van der Waals surface area contributed by atoms with Crippen LogP contribution in [0.2, 0.25) is 0 Å². The Kier molecular flexibility index (Phi) is 5.83. The quantitative estimate of drug-likeness (QED) is 0.287. The van der Waals surface area contributed by atoms with E-state index in [2.05, 4.69) is 20.1 Å². The molecule has 0 bridgehead atoms. The van der Waals surface area contributed by atoms with Crippen LogP contribution in [-0.2, 0) is 4.74 Å². The largest absolute Gasteiger partial charge is 0.453 e. The predicted octanol–water partition coefficient (Wildman–Crippen LogP) is 1.04. The third-order valence-electron chi connectivity index (χ3n) is 0.953. The maximum Gasteiger partial charge on any atom is 0.406 e. The highest BCUT2D eigenvalue weighted by Crippen LogP contribution is 1.80. The molecule has 62 valence electrons. The minimum Gasteiger partial charge on any atom is -0.453 e. The number of rotatable bonds is 4. The van der Waals surface area contributed by atoms with Crippen LogP contribution < -0.4 is 5.32 Å². The minimum absolute atomic E-state index is 0.389. The van der Waals surface area contributed by atoms with Gasteiger partial charge < -0.3 is 10.1 Å². The summed E-state index contributed by atoms with van der Waals surface area (Å²) < 4.78 is 4.30. The third kappa shape index (κ3) is 6.47. The number of amides is 1. The molecule has 0 atom stereocenters. The van der Waals surface area contributed by atoms with Gasteiger partial charge in [-0.1, -0.05) is 5.11 Å². The smallest absolute Gasteiger partial charge is 0.406 e. The molecule has 1 amide bonds. The lowest BCUT2D eigenvalue weighted by Gasteiger charge is -1.99. The second-order valence-corrected chi connectivity index (χ2v) is 1.73. The van der Waals surface area contributed by atoms with Crippen LogP contribution >= 0.6 is 0 Å². The Bertz CT molecular complexity index is 164. The van der Waals surface area contributed by atoms with Crippen molar-refractivity contribution < 1.29 is 9.53 Å². The lowest BCUT2D eigenvalue weighted by atomic mass is 10.4. The highest BCUT2D eigenvalue weighted by Gasteiger charge is 1.94. The first-order chi connectivity index (χ1) is 5.31. The fourth-order valence-corrected chi connectivity index (χ4v) is 0.457. The lowest BCUT2D eigenvalue weighted by Crippen LogP contribution is -2.24. The van der Waals surface area contributed by atoms with Crippen LogP contribution in [0.15, 0.2) is 5.11 Å². The highest BCUT2D eigenvalue weighted by atomic mass is 16.5. The van der Waals surface area contributed by atoms with E-state index in [1.165, 1.54) is 7.11 Å². The molecule has 1 N–H and O–H groups in total. The average molecular weight is 158 g/mol. The maximum absolute atomic E-state index is 10.4. The average Bonchev–Trinajstić information content (AvgIpc) is 2.04. The molecule has 0 radical (unpaired) electrons. The fourth-order valence-electron chi connectivity index (χ4n) is 0.457. The van der Waals surface area contributed by atoms with E-state index in [0.717, 1.165) is 0 Å². The molecule has 0 heterocycles. The molecule has 0 saturated heterocycles. The summed E-state index contributed by atoms with van der Waals surface area (Å²) in [6.07, 6.45) is 0.157. The van der Waals surface area contributed by atoms with Crippen molar-refractivity contribution in [2.24, 2.45) is 5.11 Å². The van der Waals surface area contributed by atoms with Gasteiger partial charge in [0.2, 0.25) is 0 Å². The molecule has 6 heteroatoms.